The molecule has 1 aromatic rings. The van der Waals surface area contributed by atoms with E-state index in [4.69, 9.17) is 9.84 Å². The van der Waals surface area contributed by atoms with E-state index in [0.29, 0.717) is 11.4 Å². The molecule has 0 aromatic carbocycles. The van der Waals surface area contributed by atoms with Crippen LogP contribution < -0.4 is 5.32 Å². The van der Waals surface area contributed by atoms with E-state index >= 15 is 0 Å². The van der Waals surface area contributed by atoms with Gasteiger partial charge in [0.1, 0.15) is 22.8 Å². The molecule has 0 aliphatic carbocycles. The first kappa shape index (κ1) is 27.8. The van der Waals surface area contributed by atoms with E-state index in [-0.39, 0.29) is 35.9 Å². The number of aromatic nitrogens is 1. The molecule has 0 saturated carbocycles. The highest BCUT2D eigenvalue weighted by Gasteiger charge is 2.35. The molecule has 10 heteroatoms. The molecule has 0 radical (unpaired) electrons. The first-order valence-corrected chi connectivity index (χ1v) is 11.7. The van der Waals surface area contributed by atoms with E-state index < -0.39 is 29.8 Å². The number of carbonyl (C=O) groups excluding carboxylic acids is 2. The number of aliphatic hydroxyl groups excluding tert-OH is 1. The minimum atomic E-state index is -1.16. The lowest BCUT2D eigenvalue weighted by Gasteiger charge is -2.36. The number of alkyl carbamates (subject to hydrolysis) is 1. The molecule has 0 saturated heterocycles. The molecular formula is C22H37N3O6S. The quantitative estimate of drug-likeness (QED) is 0.474. The number of hydrogen-bond donors (Lipinski definition) is 3. The molecule has 3 N–H and O–H groups in total. The summed E-state index contributed by atoms with van der Waals surface area (Å²) in [6.45, 7) is 13.0. The van der Waals surface area contributed by atoms with Crippen LogP contribution in [0.1, 0.15) is 82.9 Å². The zero-order valence-electron chi connectivity index (χ0n) is 20.2. The zero-order valence-corrected chi connectivity index (χ0v) is 21.0. The molecule has 9 nitrogen and oxygen atoms in total. The maximum Gasteiger partial charge on any atom is 0.408 e. The Bertz CT molecular complexity index is 789. The Morgan fingerprint density at radius 3 is 2.28 bits per heavy atom. The lowest BCUT2D eigenvalue weighted by Crippen LogP contribution is -2.54. The maximum atomic E-state index is 13.4. The number of aromatic carboxylic acids is 1. The van der Waals surface area contributed by atoms with Crippen molar-refractivity contribution in [1.82, 2.24) is 15.2 Å². The van der Waals surface area contributed by atoms with Gasteiger partial charge in [-0.2, -0.15) is 0 Å². The smallest absolute Gasteiger partial charge is 0.408 e. The summed E-state index contributed by atoms with van der Waals surface area (Å²) >= 11 is 1.07. The molecule has 1 aromatic heterocycles. The SMILES string of the molecule is CCC(C)[C@H](NC(=O)OC(C)(C)C)C(=O)N(C)[C@H](C[C@@H](O)c1nc(C(=O)O)cs1)C(C)C. The number of thiazole rings is 1. The Kier molecular flexibility index (Phi) is 10.1. The fourth-order valence-electron chi connectivity index (χ4n) is 3.25. The predicted molar refractivity (Wildman–Crippen MR) is 123 cm³/mol. The second-order valence-corrected chi connectivity index (χ2v) is 10.3. The summed E-state index contributed by atoms with van der Waals surface area (Å²) in [4.78, 5) is 42.3. The van der Waals surface area contributed by atoms with Crippen molar-refractivity contribution in [2.24, 2.45) is 11.8 Å². The lowest BCUT2D eigenvalue weighted by atomic mass is 9.93. The summed E-state index contributed by atoms with van der Waals surface area (Å²) in [7, 11) is 1.65. The normalized spacial score (nSPS) is 15.6. The maximum absolute atomic E-state index is 13.4. The van der Waals surface area contributed by atoms with Crippen LogP contribution >= 0.6 is 11.3 Å². The van der Waals surface area contributed by atoms with E-state index in [1.807, 2.05) is 27.7 Å². The van der Waals surface area contributed by atoms with Crippen LogP contribution in [0.25, 0.3) is 0 Å². The molecule has 0 spiro atoms. The van der Waals surface area contributed by atoms with Crippen molar-refractivity contribution in [2.45, 2.75) is 85.1 Å². The number of carboxylic acid groups (broad SMARTS) is 1. The van der Waals surface area contributed by atoms with Crippen LogP contribution in [-0.4, -0.2) is 62.8 Å². The Morgan fingerprint density at radius 2 is 1.84 bits per heavy atom. The number of ether oxygens (including phenoxy) is 1. The molecule has 0 aliphatic heterocycles. The fraction of sp³-hybridized carbons (Fsp3) is 0.727. The number of hydrogen-bond acceptors (Lipinski definition) is 7. The van der Waals surface area contributed by atoms with Crippen LogP contribution in [0.3, 0.4) is 0 Å². The first-order chi connectivity index (χ1) is 14.7. The number of nitrogens with zero attached hydrogens (tertiary/aromatic N) is 2. The van der Waals surface area contributed by atoms with E-state index in [1.165, 1.54) is 5.38 Å². The average Bonchev–Trinajstić information content (AvgIpc) is 3.17. The van der Waals surface area contributed by atoms with Crippen LogP contribution in [0.15, 0.2) is 5.38 Å². The molecular weight excluding hydrogens is 434 g/mol. The molecule has 32 heavy (non-hydrogen) atoms. The van der Waals surface area contributed by atoms with Gasteiger partial charge >= 0.3 is 12.1 Å². The van der Waals surface area contributed by atoms with Crippen molar-refractivity contribution in [3.63, 3.8) is 0 Å². The number of carboxylic acids is 1. The van der Waals surface area contributed by atoms with Gasteiger partial charge in [0.05, 0.1) is 0 Å². The van der Waals surface area contributed by atoms with Crippen molar-refractivity contribution in [3.05, 3.63) is 16.1 Å². The van der Waals surface area contributed by atoms with Crippen molar-refractivity contribution in [1.29, 1.82) is 0 Å². The van der Waals surface area contributed by atoms with Crippen LogP contribution in [-0.2, 0) is 9.53 Å². The summed E-state index contributed by atoms with van der Waals surface area (Å²) < 4.78 is 5.33. The Balaban J connectivity index is 3.03. The van der Waals surface area contributed by atoms with E-state index in [0.717, 1.165) is 11.3 Å². The summed E-state index contributed by atoms with van der Waals surface area (Å²) in [5.41, 5.74) is -0.806. The minimum Gasteiger partial charge on any atom is -0.476 e. The molecule has 4 atom stereocenters. The minimum absolute atomic E-state index is 0.00313. The Labute approximate surface area is 194 Å². The van der Waals surface area contributed by atoms with E-state index in [9.17, 15) is 19.5 Å². The van der Waals surface area contributed by atoms with Crippen LogP contribution in [0.2, 0.25) is 0 Å². The van der Waals surface area contributed by atoms with Gasteiger partial charge in [-0.3, -0.25) is 4.79 Å². The summed E-state index contributed by atoms with van der Waals surface area (Å²) in [6.07, 6.45) is -0.815. The third kappa shape index (κ3) is 8.05. The lowest BCUT2D eigenvalue weighted by molar-refractivity contribution is -0.137. The van der Waals surface area contributed by atoms with Gasteiger partial charge in [0, 0.05) is 24.9 Å². The number of carbonyl (C=O) groups is 3. The van der Waals surface area contributed by atoms with Gasteiger partial charge in [-0.25, -0.2) is 14.6 Å². The second-order valence-electron chi connectivity index (χ2n) is 9.40. The fourth-order valence-corrected chi connectivity index (χ4v) is 4.04. The number of nitrogens with one attached hydrogen (secondary N) is 1. The molecule has 1 heterocycles. The highest BCUT2D eigenvalue weighted by molar-refractivity contribution is 7.09. The van der Waals surface area contributed by atoms with Gasteiger partial charge in [-0.15, -0.1) is 11.3 Å². The Morgan fingerprint density at radius 1 is 1.25 bits per heavy atom. The molecule has 182 valence electrons. The van der Waals surface area contributed by atoms with Gasteiger partial charge in [0.25, 0.3) is 0 Å². The van der Waals surface area contributed by atoms with Crippen molar-refractivity contribution >= 4 is 29.3 Å². The largest absolute Gasteiger partial charge is 0.476 e. The first-order valence-electron chi connectivity index (χ1n) is 10.8. The number of aliphatic hydroxyl groups is 1. The topological polar surface area (TPSA) is 129 Å². The molecule has 0 bridgehead atoms. The second kappa shape index (κ2) is 11.6. The van der Waals surface area contributed by atoms with Gasteiger partial charge in [0.15, 0.2) is 5.69 Å². The van der Waals surface area contributed by atoms with Crippen LogP contribution in [0.5, 0.6) is 0 Å². The molecule has 1 unspecified atom stereocenters. The zero-order chi connectivity index (χ0) is 24.8. The van der Waals surface area contributed by atoms with Crippen molar-refractivity contribution < 1.29 is 29.3 Å². The number of rotatable bonds is 10. The van der Waals surface area contributed by atoms with Gasteiger partial charge in [0.2, 0.25) is 5.91 Å². The van der Waals surface area contributed by atoms with Gasteiger partial charge in [-0.05, 0) is 32.6 Å². The number of likely N-dealkylation sites (N-methyl/N-ethyl adjacent to an activating group) is 1. The molecule has 1 rings (SSSR count). The third-order valence-corrected chi connectivity index (χ3v) is 6.20. The summed E-state index contributed by atoms with van der Waals surface area (Å²) in [6, 6.07) is -1.14. The van der Waals surface area contributed by atoms with Crippen LogP contribution in [0.4, 0.5) is 4.79 Å². The standard InChI is InChI=1S/C22H37N3O6S/c1-9-13(4)17(24-21(30)31-22(5,6)7)19(27)25(8)15(12(2)3)10-16(26)18-23-14(11-32-18)20(28)29/h11-13,15-17,26H,9-10H2,1-8H3,(H,24,30)(H,28,29)/t13?,15-,16-,17+/m1/s1. The predicted octanol–water partition coefficient (Wildman–Crippen LogP) is 3.69. The highest BCUT2D eigenvalue weighted by Crippen LogP contribution is 2.27. The van der Waals surface area contributed by atoms with Gasteiger partial charge < -0.3 is 25.2 Å². The Hall–Kier alpha value is -2.20. The third-order valence-electron chi connectivity index (χ3n) is 5.26. The number of amides is 2. The molecule has 0 aliphatic rings. The van der Waals surface area contributed by atoms with Crippen molar-refractivity contribution in [2.75, 3.05) is 7.05 Å². The van der Waals surface area contributed by atoms with Gasteiger partial charge in [-0.1, -0.05) is 34.1 Å². The summed E-state index contributed by atoms with van der Waals surface area (Å²) in [5, 5.41) is 24.1. The van der Waals surface area contributed by atoms with E-state index in [1.54, 1.807) is 32.7 Å². The van der Waals surface area contributed by atoms with Crippen LogP contribution in [0, 0.1) is 11.8 Å². The monoisotopic (exact) mass is 471 g/mol. The summed E-state index contributed by atoms with van der Waals surface area (Å²) in [5.74, 6) is -1.57. The average molecular weight is 472 g/mol. The molecule has 2 amide bonds. The molecule has 0 fully saturated rings. The highest BCUT2D eigenvalue weighted by atomic mass is 32.1. The van der Waals surface area contributed by atoms with E-state index in [2.05, 4.69) is 10.3 Å². The van der Waals surface area contributed by atoms with Crippen molar-refractivity contribution in [3.8, 4) is 0 Å².